The topological polar surface area (TPSA) is 38.8 Å². The SMILES string of the molecule is COc1ccc(/C=C/C(=O)N(C)C)cc1OC. The molecule has 0 aliphatic carbocycles. The molecule has 0 saturated heterocycles. The van der Waals surface area contributed by atoms with Gasteiger partial charge in [-0.05, 0) is 23.8 Å². The molecular formula is C13H17NO3. The molecular weight excluding hydrogens is 218 g/mol. The molecule has 0 heterocycles. The molecule has 1 aromatic rings. The van der Waals surface area contributed by atoms with Gasteiger partial charge in [-0.3, -0.25) is 4.79 Å². The van der Waals surface area contributed by atoms with Crippen LogP contribution in [0.25, 0.3) is 6.08 Å². The van der Waals surface area contributed by atoms with E-state index in [0.717, 1.165) is 5.56 Å². The van der Waals surface area contributed by atoms with Gasteiger partial charge in [0.15, 0.2) is 11.5 Å². The standard InChI is InChI=1S/C13H17NO3/c1-14(2)13(15)8-6-10-5-7-11(16-3)12(9-10)17-4/h5-9H,1-4H3/b8-6+. The summed E-state index contributed by atoms with van der Waals surface area (Å²) in [6, 6.07) is 5.48. The zero-order valence-corrected chi connectivity index (χ0v) is 10.6. The third-order valence-corrected chi connectivity index (χ3v) is 2.27. The van der Waals surface area contributed by atoms with Gasteiger partial charge in [0.05, 0.1) is 14.2 Å². The Labute approximate surface area is 101 Å². The lowest BCUT2D eigenvalue weighted by atomic mass is 10.2. The molecule has 0 aliphatic heterocycles. The van der Waals surface area contributed by atoms with Gasteiger partial charge in [-0.15, -0.1) is 0 Å². The van der Waals surface area contributed by atoms with E-state index < -0.39 is 0 Å². The van der Waals surface area contributed by atoms with Crippen LogP contribution in [-0.4, -0.2) is 39.1 Å². The molecule has 4 nitrogen and oxygen atoms in total. The minimum atomic E-state index is -0.0558. The van der Waals surface area contributed by atoms with E-state index in [1.807, 2.05) is 12.1 Å². The molecule has 0 N–H and O–H groups in total. The van der Waals surface area contributed by atoms with Crippen LogP contribution in [0.3, 0.4) is 0 Å². The summed E-state index contributed by atoms with van der Waals surface area (Å²) >= 11 is 0. The predicted molar refractivity (Wildman–Crippen MR) is 67.3 cm³/mol. The van der Waals surface area contributed by atoms with E-state index in [1.54, 1.807) is 40.5 Å². The van der Waals surface area contributed by atoms with Gasteiger partial charge in [0.1, 0.15) is 0 Å². The Morgan fingerprint density at radius 2 is 1.82 bits per heavy atom. The van der Waals surface area contributed by atoms with E-state index in [2.05, 4.69) is 0 Å². The van der Waals surface area contributed by atoms with E-state index in [9.17, 15) is 4.79 Å². The van der Waals surface area contributed by atoms with E-state index in [4.69, 9.17) is 9.47 Å². The van der Waals surface area contributed by atoms with Crippen molar-refractivity contribution in [2.24, 2.45) is 0 Å². The quantitative estimate of drug-likeness (QED) is 0.747. The number of amides is 1. The van der Waals surface area contributed by atoms with Crippen LogP contribution in [0.5, 0.6) is 11.5 Å². The second-order valence-electron chi connectivity index (χ2n) is 3.68. The first-order valence-corrected chi connectivity index (χ1v) is 5.20. The van der Waals surface area contributed by atoms with Gasteiger partial charge in [-0.25, -0.2) is 0 Å². The zero-order valence-electron chi connectivity index (χ0n) is 10.6. The second-order valence-corrected chi connectivity index (χ2v) is 3.68. The predicted octanol–water partition coefficient (Wildman–Crippen LogP) is 1.81. The number of likely N-dealkylation sites (N-methyl/N-ethyl adjacent to an activating group) is 1. The summed E-state index contributed by atoms with van der Waals surface area (Å²) in [6.07, 6.45) is 3.26. The van der Waals surface area contributed by atoms with Gasteiger partial charge in [0, 0.05) is 20.2 Å². The Balaban J connectivity index is 2.90. The summed E-state index contributed by atoms with van der Waals surface area (Å²) in [7, 11) is 6.59. The first kappa shape index (κ1) is 13.1. The molecule has 0 spiro atoms. The number of ether oxygens (including phenoxy) is 2. The van der Waals surface area contributed by atoms with Crippen molar-refractivity contribution >= 4 is 12.0 Å². The number of methoxy groups -OCH3 is 2. The average Bonchev–Trinajstić information content (AvgIpc) is 2.35. The van der Waals surface area contributed by atoms with E-state index >= 15 is 0 Å². The van der Waals surface area contributed by atoms with Gasteiger partial charge >= 0.3 is 0 Å². The number of hydrogen-bond donors (Lipinski definition) is 0. The van der Waals surface area contributed by atoms with Gasteiger partial charge in [0.25, 0.3) is 0 Å². The van der Waals surface area contributed by atoms with Gasteiger partial charge < -0.3 is 14.4 Å². The molecule has 0 aromatic heterocycles. The molecule has 4 heteroatoms. The molecule has 1 aromatic carbocycles. The van der Waals surface area contributed by atoms with Crippen LogP contribution in [0, 0.1) is 0 Å². The normalized spacial score (nSPS) is 10.4. The summed E-state index contributed by atoms with van der Waals surface area (Å²) in [5, 5.41) is 0. The van der Waals surface area contributed by atoms with E-state index in [-0.39, 0.29) is 5.91 Å². The van der Waals surface area contributed by atoms with Gasteiger partial charge in [0.2, 0.25) is 5.91 Å². The van der Waals surface area contributed by atoms with Crippen LogP contribution in [0.15, 0.2) is 24.3 Å². The smallest absolute Gasteiger partial charge is 0.246 e. The van der Waals surface area contributed by atoms with E-state index in [0.29, 0.717) is 11.5 Å². The van der Waals surface area contributed by atoms with Crippen LogP contribution >= 0.6 is 0 Å². The maximum absolute atomic E-state index is 11.4. The highest BCUT2D eigenvalue weighted by Gasteiger charge is 2.03. The fourth-order valence-corrected chi connectivity index (χ4v) is 1.27. The van der Waals surface area contributed by atoms with Crippen LogP contribution in [0.1, 0.15) is 5.56 Å². The summed E-state index contributed by atoms with van der Waals surface area (Å²) < 4.78 is 10.3. The van der Waals surface area contributed by atoms with Crippen molar-refractivity contribution in [3.8, 4) is 11.5 Å². The third-order valence-electron chi connectivity index (χ3n) is 2.27. The Kier molecular flexibility index (Phi) is 4.57. The first-order chi connectivity index (χ1) is 8.08. The molecule has 1 amide bonds. The van der Waals surface area contributed by atoms with Crippen molar-refractivity contribution in [2.45, 2.75) is 0 Å². The summed E-state index contributed by atoms with van der Waals surface area (Å²) in [5.74, 6) is 1.26. The molecule has 0 radical (unpaired) electrons. The molecule has 0 unspecified atom stereocenters. The molecule has 0 atom stereocenters. The number of benzene rings is 1. The van der Waals surface area contributed by atoms with Crippen LogP contribution in [-0.2, 0) is 4.79 Å². The lowest BCUT2D eigenvalue weighted by molar-refractivity contribution is -0.123. The lowest BCUT2D eigenvalue weighted by Crippen LogP contribution is -2.18. The number of rotatable bonds is 4. The fraction of sp³-hybridized carbons (Fsp3) is 0.308. The zero-order chi connectivity index (χ0) is 12.8. The molecule has 0 saturated carbocycles. The molecule has 1 rings (SSSR count). The molecule has 92 valence electrons. The monoisotopic (exact) mass is 235 g/mol. The number of nitrogens with zero attached hydrogens (tertiary/aromatic N) is 1. The molecule has 0 fully saturated rings. The Hall–Kier alpha value is -1.97. The largest absolute Gasteiger partial charge is 0.493 e. The van der Waals surface area contributed by atoms with Crippen LogP contribution in [0.4, 0.5) is 0 Å². The lowest BCUT2D eigenvalue weighted by Gasteiger charge is -2.08. The average molecular weight is 235 g/mol. The van der Waals surface area contributed by atoms with Crippen molar-refractivity contribution in [2.75, 3.05) is 28.3 Å². The summed E-state index contributed by atoms with van der Waals surface area (Å²) in [6.45, 7) is 0. The molecule has 17 heavy (non-hydrogen) atoms. The number of carbonyl (C=O) groups is 1. The highest BCUT2D eigenvalue weighted by molar-refractivity contribution is 5.91. The highest BCUT2D eigenvalue weighted by atomic mass is 16.5. The Bertz CT molecular complexity index is 425. The van der Waals surface area contributed by atoms with Crippen molar-refractivity contribution in [1.82, 2.24) is 4.90 Å². The second kappa shape index (κ2) is 5.94. The Morgan fingerprint density at radius 1 is 1.18 bits per heavy atom. The summed E-state index contributed by atoms with van der Waals surface area (Å²) in [4.78, 5) is 12.9. The fourth-order valence-electron chi connectivity index (χ4n) is 1.27. The third kappa shape index (κ3) is 3.52. The number of carbonyl (C=O) groups excluding carboxylic acids is 1. The molecule has 0 bridgehead atoms. The van der Waals surface area contributed by atoms with Crippen molar-refractivity contribution < 1.29 is 14.3 Å². The maximum Gasteiger partial charge on any atom is 0.246 e. The minimum Gasteiger partial charge on any atom is -0.493 e. The first-order valence-electron chi connectivity index (χ1n) is 5.20. The van der Waals surface area contributed by atoms with Crippen LogP contribution < -0.4 is 9.47 Å². The van der Waals surface area contributed by atoms with Crippen molar-refractivity contribution in [3.05, 3.63) is 29.8 Å². The van der Waals surface area contributed by atoms with Crippen LogP contribution in [0.2, 0.25) is 0 Å². The van der Waals surface area contributed by atoms with Gasteiger partial charge in [-0.2, -0.15) is 0 Å². The maximum atomic E-state index is 11.4. The highest BCUT2D eigenvalue weighted by Crippen LogP contribution is 2.27. The summed E-state index contributed by atoms with van der Waals surface area (Å²) in [5.41, 5.74) is 0.887. The van der Waals surface area contributed by atoms with Crippen molar-refractivity contribution in [3.63, 3.8) is 0 Å². The Morgan fingerprint density at radius 3 is 2.35 bits per heavy atom. The van der Waals surface area contributed by atoms with E-state index in [1.165, 1.54) is 11.0 Å². The van der Waals surface area contributed by atoms with Gasteiger partial charge in [-0.1, -0.05) is 6.07 Å². The minimum absolute atomic E-state index is 0.0558. The molecule has 0 aliphatic rings. The number of hydrogen-bond acceptors (Lipinski definition) is 3. The van der Waals surface area contributed by atoms with Crippen molar-refractivity contribution in [1.29, 1.82) is 0 Å².